The highest BCUT2D eigenvalue weighted by Crippen LogP contribution is 2.18. The molecule has 0 atom stereocenters. The van der Waals surface area contributed by atoms with E-state index in [1.54, 1.807) is 7.11 Å². The van der Waals surface area contributed by atoms with Crippen LogP contribution < -0.4 is 15.4 Å². The zero-order valence-electron chi connectivity index (χ0n) is 11.4. The van der Waals surface area contributed by atoms with Gasteiger partial charge in [0.1, 0.15) is 5.75 Å². The van der Waals surface area contributed by atoms with E-state index in [9.17, 15) is 13.2 Å². The molecule has 0 amide bonds. The number of halogens is 3. The van der Waals surface area contributed by atoms with Crippen LogP contribution in [0.2, 0.25) is 0 Å². The highest BCUT2D eigenvalue weighted by molar-refractivity contribution is 5.79. The Kier molecular flexibility index (Phi) is 6.14. The summed E-state index contributed by atoms with van der Waals surface area (Å²) in [6, 6.07) is 7.39. The lowest BCUT2D eigenvalue weighted by Gasteiger charge is -2.13. The van der Waals surface area contributed by atoms with Crippen LogP contribution in [0.15, 0.2) is 29.3 Å². The Bertz CT molecular complexity index is 447. The number of alkyl halides is 3. The van der Waals surface area contributed by atoms with Crippen LogP contribution in [0.5, 0.6) is 5.75 Å². The third kappa shape index (κ3) is 6.31. The molecule has 1 aromatic carbocycles. The van der Waals surface area contributed by atoms with Crippen molar-refractivity contribution in [2.45, 2.75) is 19.1 Å². The number of guanidine groups is 1. The van der Waals surface area contributed by atoms with Crippen molar-refractivity contribution in [3.63, 3.8) is 0 Å². The van der Waals surface area contributed by atoms with Crippen molar-refractivity contribution in [3.8, 4) is 5.75 Å². The van der Waals surface area contributed by atoms with Gasteiger partial charge in [0.05, 0.1) is 13.5 Å². The first kappa shape index (κ1) is 16.1. The number of nitrogens with zero attached hydrogens (tertiary/aromatic N) is 1. The molecule has 0 aliphatic heterocycles. The van der Waals surface area contributed by atoms with Gasteiger partial charge < -0.3 is 15.4 Å². The fourth-order valence-electron chi connectivity index (χ4n) is 1.51. The molecule has 1 aromatic rings. The van der Waals surface area contributed by atoms with Gasteiger partial charge in [-0.3, -0.25) is 4.99 Å². The molecular weight excluding hydrogens is 271 g/mol. The highest BCUT2D eigenvalue weighted by Gasteiger charge is 2.26. The van der Waals surface area contributed by atoms with Crippen LogP contribution >= 0.6 is 0 Å². The number of aliphatic imine (C=N–C) groups is 1. The second kappa shape index (κ2) is 7.62. The van der Waals surface area contributed by atoms with E-state index in [0.29, 0.717) is 12.5 Å². The summed E-state index contributed by atoms with van der Waals surface area (Å²) in [6.45, 7) is 0.240. The molecule has 0 spiro atoms. The van der Waals surface area contributed by atoms with E-state index < -0.39 is 12.6 Å². The summed E-state index contributed by atoms with van der Waals surface area (Å²) in [5.41, 5.74) is 0.947. The Morgan fingerprint density at radius 2 is 2.05 bits per heavy atom. The molecule has 0 bridgehead atoms. The standard InChI is InChI=1S/C13H18F3N3O/c1-17-12(18-7-6-13(14,15)16)19-9-10-4-3-5-11(8-10)20-2/h3-5,8H,6-7,9H2,1-2H3,(H2,17,18,19). The van der Waals surface area contributed by atoms with E-state index in [4.69, 9.17) is 4.74 Å². The molecule has 7 heteroatoms. The van der Waals surface area contributed by atoms with Gasteiger partial charge in [0.25, 0.3) is 0 Å². The van der Waals surface area contributed by atoms with E-state index in [1.165, 1.54) is 7.05 Å². The van der Waals surface area contributed by atoms with Crippen molar-refractivity contribution >= 4 is 5.96 Å². The maximum absolute atomic E-state index is 12.0. The molecule has 2 N–H and O–H groups in total. The summed E-state index contributed by atoms with van der Waals surface area (Å²) < 4.78 is 41.2. The predicted octanol–water partition coefficient (Wildman–Crippen LogP) is 2.31. The van der Waals surface area contributed by atoms with Crippen molar-refractivity contribution in [2.75, 3.05) is 20.7 Å². The number of hydrogen-bond acceptors (Lipinski definition) is 2. The molecule has 0 aromatic heterocycles. The van der Waals surface area contributed by atoms with E-state index in [0.717, 1.165) is 11.3 Å². The Balaban J connectivity index is 2.41. The molecule has 0 fully saturated rings. The van der Waals surface area contributed by atoms with Crippen molar-refractivity contribution in [3.05, 3.63) is 29.8 Å². The normalized spacial score (nSPS) is 12.2. The third-order valence-corrected chi connectivity index (χ3v) is 2.52. The van der Waals surface area contributed by atoms with E-state index in [1.807, 2.05) is 24.3 Å². The molecule has 0 aliphatic rings. The average molecular weight is 289 g/mol. The fraction of sp³-hybridized carbons (Fsp3) is 0.462. The Morgan fingerprint density at radius 3 is 2.65 bits per heavy atom. The van der Waals surface area contributed by atoms with E-state index in [-0.39, 0.29) is 6.54 Å². The van der Waals surface area contributed by atoms with Gasteiger partial charge in [-0.2, -0.15) is 13.2 Å². The zero-order chi connectivity index (χ0) is 15.0. The van der Waals surface area contributed by atoms with Gasteiger partial charge in [-0.15, -0.1) is 0 Å². The predicted molar refractivity (Wildman–Crippen MR) is 71.9 cm³/mol. The van der Waals surface area contributed by atoms with Gasteiger partial charge in [0, 0.05) is 20.1 Å². The number of benzene rings is 1. The molecule has 0 saturated heterocycles. The van der Waals surface area contributed by atoms with Crippen molar-refractivity contribution < 1.29 is 17.9 Å². The first-order valence-electron chi connectivity index (χ1n) is 6.09. The maximum Gasteiger partial charge on any atom is 0.390 e. The first-order chi connectivity index (χ1) is 9.44. The molecule has 0 saturated carbocycles. The van der Waals surface area contributed by atoms with Gasteiger partial charge in [-0.1, -0.05) is 12.1 Å². The lowest BCUT2D eigenvalue weighted by Crippen LogP contribution is -2.38. The van der Waals surface area contributed by atoms with Crippen molar-refractivity contribution in [1.82, 2.24) is 10.6 Å². The average Bonchev–Trinajstić information content (AvgIpc) is 2.41. The van der Waals surface area contributed by atoms with E-state index in [2.05, 4.69) is 15.6 Å². The molecule has 0 unspecified atom stereocenters. The van der Waals surface area contributed by atoms with Crippen molar-refractivity contribution in [1.29, 1.82) is 0 Å². The quantitative estimate of drug-likeness (QED) is 0.646. The van der Waals surface area contributed by atoms with Crippen LogP contribution in [0, 0.1) is 0 Å². The minimum absolute atomic E-state index is 0.207. The number of hydrogen-bond donors (Lipinski definition) is 2. The van der Waals surface area contributed by atoms with Crippen LogP contribution in [0.1, 0.15) is 12.0 Å². The fourth-order valence-corrected chi connectivity index (χ4v) is 1.51. The summed E-state index contributed by atoms with van der Waals surface area (Å²) in [6.07, 6.45) is -5.06. The van der Waals surface area contributed by atoms with Crippen LogP contribution in [-0.2, 0) is 6.54 Å². The van der Waals surface area contributed by atoms with Crippen LogP contribution in [0.3, 0.4) is 0 Å². The number of nitrogens with one attached hydrogen (secondary N) is 2. The number of rotatable bonds is 5. The van der Waals surface area contributed by atoms with Crippen LogP contribution in [0.25, 0.3) is 0 Å². The Morgan fingerprint density at radius 1 is 1.30 bits per heavy atom. The largest absolute Gasteiger partial charge is 0.497 e. The molecule has 20 heavy (non-hydrogen) atoms. The highest BCUT2D eigenvalue weighted by atomic mass is 19.4. The van der Waals surface area contributed by atoms with Gasteiger partial charge in [-0.05, 0) is 17.7 Å². The molecular formula is C13H18F3N3O. The summed E-state index contributed by atoms with van der Waals surface area (Å²) in [4.78, 5) is 3.86. The third-order valence-electron chi connectivity index (χ3n) is 2.52. The minimum atomic E-state index is -4.17. The zero-order valence-corrected chi connectivity index (χ0v) is 11.4. The Hall–Kier alpha value is -1.92. The summed E-state index contributed by atoms with van der Waals surface area (Å²) in [5.74, 6) is 1.06. The Labute approximate surface area is 116 Å². The van der Waals surface area contributed by atoms with E-state index >= 15 is 0 Å². The second-order valence-corrected chi connectivity index (χ2v) is 4.07. The smallest absolute Gasteiger partial charge is 0.390 e. The molecule has 112 valence electrons. The first-order valence-corrected chi connectivity index (χ1v) is 6.09. The number of ether oxygens (including phenoxy) is 1. The van der Waals surface area contributed by atoms with Crippen molar-refractivity contribution in [2.24, 2.45) is 4.99 Å². The summed E-state index contributed by atoms with van der Waals surface area (Å²) in [5, 5.41) is 5.55. The monoisotopic (exact) mass is 289 g/mol. The molecule has 1 rings (SSSR count). The summed E-state index contributed by atoms with van der Waals surface area (Å²) >= 11 is 0. The second-order valence-electron chi connectivity index (χ2n) is 4.07. The minimum Gasteiger partial charge on any atom is -0.497 e. The van der Waals surface area contributed by atoms with Crippen LogP contribution in [-0.4, -0.2) is 32.8 Å². The maximum atomic E-state index is 12.0. The SMILES string of the molecule is CN=C(NCCC(F)(F)F)NCc1cccc(OC)c1. The lowest BCUT2D eigenvalue weighted by molar-refractivity contribution is -0.132. The van der Waals surface area contributed by atoms with Crippen LogP contribution in [0.4, 0.5) is 13.2 Å². The topological polar surface area (TPSA) is 45.7 Å². The van der Waals surface area contributed by atoms with Gasteiger partial charge in [0.2, 0.25) is 0 Å². The molecule has 0 heterocycles. The van der Waals surface area contributed by atoms with Gasteiger partial charge in [-0.25, -0.2) is 0 Å². The van der Waals surface area contributed by atoms with Gasteiger partial charge >= 0.3 is 6.18 Å². The lowest BCUT2D eigenvalue weighted by atomic mass is 10.2. The molecule has 0 aliphatic carbocycles. The molecule has 4 nitrogen and oxygen atoms in total. The van der Waals surface area contributed by atoms with Gasteiger partial charge in [0.15, 0.2) is 5.96 Å². The summed E-state index contributed by atoms with van der Waals surface area (Å²) in [7, 11) is 3.08. The number of methoxy groups -OCH3 is 1. The molecule has 0 radical (unpaired) electrons.